The Morgan fingerprint density at radius 3 is 2.30 bits per heavy atom. The molecule has 0 spiro atoms. The number of halogens is 4. The van der Waals surface area contributed by atoms with E-state index in [9.17, 15) is 28.3 Å². The third-order valence-corrected chi connectivity index (χ3v) is 5.86. The van der Waals surface area contributed by atoms with E-state index in [1.165, 1.54) is 0 Å². The number of hydrogen-bond donors (Lipinski definition) is 1. The minimum Gasteiger partial charge on any atom is -0.480 e. The molecule has 1 N–H and O–H groups in total. The van der Waals surface area contributed by atoms with E-state index in [1.54, 1.807) is 60.7 Å². The van der Waals surface area contributed by atoms with Crippen LogP contribution in [0.2, 0.25) is 0 Å². The molecule has 1 atom stereocenters. The molecule has 2 aromatic carbocycles. The Balaban J connectivity index is 2.18. The fourth-order valence-corrected chi connectivity index (χ4v) is 4.01. The van der Waals surface area contributed by atoms with Crippen molar-refractivity contribution in [1.82, 2.24) is 4.98 Å². The lowest BCUT2D eigenvalue weighted by molar-refractivity contribution is -0.138. The van der Waals surface area contributed by atoms with Crippen LogP contribution in [0.4, 0.5) is 13.2 Å². The molecular weight excluding hydrogens is 481 g/mol. The van der Waals surface area contributed by atoms with Gasteiger partial charge in [-0.1, -0.05) is 70.2 Å². The zero-order valence-electron chi connectivity index (χ0n) is 15.0. The lowest BCUT2D eigenvalue weighted by Gasteiger charge is -2.17. The highest BCUT2D eigenvalue weighted by molar-refractivity contribution is 9.10. The Hall–Kier alpha value is -2.83. The number of carboxylic acids is 1. The van der Waals surface area contributed by atoms with Crippen LogP contribution in [0.1, 0.15) is 21.9 Å². The summed E-state index contributed by atoms with van der Waals surface area (Å²) in [5.74, 6) is -1.25. The quantitative estimate of drug-likeness (QED) is 0.421. The second-order valence-electron chi connectivity index (χ2n) is 6.10. The van der Waals surface area contributed by atoms with Gasteiger partial charge in [0.15, 0.2) is 0 Å². The second-order valence-corrected chi connectivity index (χ2v) is 8.11. The molecule has 0 unspecified atom stereocenters. The second kappa shape index (κ2) is 8.90. The molecule has 3 aromatic rings. The number of carboxylic acid groups (broad SMARTS) is 1. The van der Waals surface area contributed by atoms with E-state index in [4.69, 9.17) is 0 Å². The van der Waals surface area contributed by atoms with Gasteiger partial charge in [0, 0.05) is 10.0 Å². The van der Waals surface area contributed by atoms with Gasteiger partial charge >= 0.3 is 12.1 Å². The van der Waals surface area contributed by atoms with E-state index in [0.717, 1.165) is 10.5 Å². The van der Waals surface area contributed by atoms with Gasteiger partial charge in [0.2, 0.25) is 0 Å². The van der Waals surface area contributed by atoms with Crippen molar-refractivity contribution in [2.45, 2.75) is 16.5 Å². The molecule has 0 saturated carbocycles. The molecule has 4 nitrogen and oxygen atoms in total. The smallest absolute Gasteiger partial charge is 0.417 e. The lowest BCUT2D eigenvalue weighted by Crippen LogP contribution is -2.13. The van der Waals surface area contributed by atoms with Crippen LogP contribution in [0, 0.1) is 11.3 Å². The summed E-state index contributed by atoms with van der Waals surface area (Å²) in [6.45, 7) is 0. The highest BCUT2D eigenvalue weighted by Crippen LogP contribution is 2.42. The molecule has 0 aliphatic rings. The molecule has 0 aliphatic carbocycles. The third kappa shape index (κ3) is 4.83. The average molecular weight is 493 g/mol. The summed E-state index contributed by atoms with van der Waals surface area (Å²) < 4.78 is 41.8. The molecular formula is C21H12BrF3N2O2S. The van der Waals surface area contributed by atoms with Crippen molar-refractivity contribution in [2.24, 2.45) is 0 Å². The number of pyridine rings is 1. The van der Waals surface area contributed by atoms with Crippen LogP contribution in [0.3, 0.4) is 0 Å². The Morgan fingerprint density at radius 2 is 1.77 bits per heavy atom. The molecule has 1 aromatic heterocycles. The molecule has 30 heavy (non-hydrogen) atoms. The van der Waals surface area contributed by atoms with E-state index >= 15 is 0 Å². The summed E-state index contributed by atoms with van der Waals surface area (Å²) in [7, 11) is 0. The Labute approximate surface area is 182 Å². The molecule has 0 fully saturated rings. The SMILES string of the molecule is N#Cc1c(C(F)(F)F)cc(-c2ccc(Br)cc2)nc1S[C@H](C(=O)O)c1ccccc1. The van der Waals surface area contributed by atoms with Gasteiger partial charge in [-0.3, -0.25) is 4.79 Å². The number of aliphatic carboxylic acids is 1. The van der Waals surface area contributed by atoms with Gasteiger partial charge in [0.05, 0.1) is 16.8 Å². The molecule has 1 heterocycles. The van der Waals surface area contributed by atoms with Crippen molar-refractivity contribution in [3.63, 3.8) is 0 Å². The number of alkyl halides is 3. The summed E-state index contributed by atoms with van der Waals surface area (Å²) in [5, 5.41) is 17.5. The van der Waals surface area contributed by atoms with Crippen LogP contribution in [0.15, 0.2) is 70.2 Å². The zero-order valence-corrected chi connectivity index (χ0v) is 17.4. The minimum absolute atomic E-state index is 0.00599. The van der Waals surface area contributed by atoms with Crippen LogP contribution >= 0.6 is 27.7 Å². The molecule has 0 aliphatic heterocycles. The van der Waals surface area contributed by atoms with Crippen molar-refractivity contribution in [1.29, 1.82) is 5.26 Å². The van der Waals surface area contributed by atoms with E-state index in [-0.39, 0.29) is 10.7 Å². The van der Waals surface area contributed by atoms with E-state index in [2.05, 4.69) is 20.9 Å². The van der Waals surface area contributed by atoms with Crippen LogP contribution in [-0.2, 0) is 11.0 Å². The van der Waals surface area contributed by atoms with Gasteiger partial charge in [-0.2, -0.15) is 18.4 Å². The molecule has 3 rings (SSSR count). The summed E-state index contributed by atoms with van der Waals surface area (Å²) in [5.41, 5.74) is -1.08. The number of benzene rings is 2. The fourth-order valence-electron chi connectivity index (χ4n) is 2.71. The van der Waals surface area contributed by atoms with Crippen LogP contribution in [0.5, 0.6) is 0 Å². The van der Waals surface area contributed by atoms with Crippen LogP contribution in [-0.4, -0.2) is 16.1 Å². The summed E-state index contributed by atoms with van der Waals surface area (Å²) in [6.07, 6.45) is -4.81. The number of nitriles is 1. The van der Waals surface area contributed by atoms with Crippen molar-refractivity contribution in [3.05, 3.63) is 81.8 Å². The molecule has 9 heteroatoms. The highest BCUT2D eigenvalue weighted by Gasteiger charge is 2.37. The summed E-state index contributed by atoms with van der Waals surface area (Å²) in [6, 6.07) is 16.9. The van der Waals surface area contributed by atoms with Crippen molar-refractivity contribution >= 4 is 33.7 Å². The van der Waals surface area contributed by atoms with Crippen LogP contribution < -0.4 is 0 Å². The van der Waals surface area contributed by atoms with Gasteiger partial charge in [-0.25, -0.2) is 4.98 Å². The first-order valence-corrected chi connectivity index (χ1v) is 10.1. The Morgan fingerprint density at radius 1 is 1.13 bits per heavy atom. The predicted molar refractivity (Wildman–Crippen MR) is 110 cm³/mol. The average Bonchev–Trinajstić information content (AvgIpc) is 2.71. The van der Waals surface area contributed by atoms with E-state index in [0.29, 0.717) is 22.9 Å². The Kier molecular flexibility index (Phi) is 6.48. The number of thioether (sulfide) groups is 1. The molecule has 152 valence electrons. The van der Waals surface area contributed by atoms with Gasteiger partial charge in [-0.05, 0) is 23.8 Å². The number of carbonyl (C=O) groups is 1. The first-order valence-electron chi connectivity index (χ1n) is 8.43. The predicted octanol–water partition coefficient (Wildman–Crippen LogP) is 6.32. The topological polar surface area (TPSA) is 74.0 Å². The maximum atomic E-state index is 13.7. The van der Waals surface area contributed by atoms with E-state index in [1.807, 2.05) is 0 Å². The van der Waals surface area contributed by atoms with Gasteiger partial charge in [0.1, 0.15) is 16.3 Å². The van der Waals surface area contributed by atoms with Crippen LogP contribution in [0.25, 0.3) is 11.3 Å². The largest absolute Gasteiger partial charge is 0.480 e. The van der Waals surface area contributed by atoms with Gasteiger partial charge in [0.25, 0.3) is 0 Å². The molecule has 0 radical (unpaired) electrons. The summed E-state index contributed by atoms with van der Waals surface area (Å²) >= 11 is 3.86. The van der Waals surface area contributed by atoms with Gasteiger partial charge < -0.3 is 5.11 Å². The number of rotatable bonds is 5. The number of nitrogens with zero attached hydrogens (tertiary/aromatic N) is 2. The summed E-state index contributed by atoms with van der Waals surface area (Å²) in [4.78, 5) is 16.0. The standard InChI is InChI=1S/C21H12BrF3N2O2S/c22-14-8-6-12(7-9-14)17-10-16(21(23,24)25)15(11-26)19(27-17)30-18(20(28)29)13-4-2-1-3-5-13/h1-10,18H,(H,28,29)/t18-/m0/s1. The third-order valence-electron chi connectivity index (χ3n) is 4.10. The van der Waals surface area contributed by atoms with Gasteiger partial charge in [-0.15, -0.1) is 0 Å². The minimum atomic E-state index is -4.81. The zero-order chi connectivity index (χ0) is 21.9. The fraction of sp³-hybridized carbons (Fsp3) is 0.0952. The maximum Gasteiger partial charge on any atom is 0.417 e. The monoisotopic (exact) mass is 492 g/mol. The molecule has 0 saturated heterocycles. The van der Waals surface area contributed by atoms with Crippen molar-refractivity contribution in [2.75, 3.05) is 0 Å². The first-order chi connectivity index (χ1) is 14.2. The number of hydrogen-bond acceptors (Lipinski definition) is 4. The highest BCUT2D eigenvalue weighted by atomic mass is 79.9. The van der Waals surface area contributed by atoms with Crippen molar-refractivity contribution < 1.29 is 23.1 Å². The first kappa shape index (κ1) is 21.9. The normalized spacial score (nSPS) is 12.2. The van der Waals surface area contributed by atoms with Crippen molar-refractivity contribution in [3.8, 4) is 17.3 Å². The van der Waals surface area contributed by atoms with E-state index < -0.39 is 28.5 Å². The lowest BCUT2D eigenvalue weighted by atomic mass is 10.1. The number of aromatic nitrogens is 1. The molecule has 0 bridgehead atoms. The Bertz CT molecular complexity index is 1110. The molecule has 0 amide bonds. The maximum absolute atomic E-state index is 13.7.